The third-order valence-electron chi connectivity index (χ3n) is 5.63. The summed E-state index contributed by atoms with van der Waals surface area (Å²) in [4.78, 5) is 15.1. The van der Waals surface area contributed by atoms with Gasteiger partial charge in [-0.05, 0) is 77.6 Å². The molecule has 0 spiro atoms. The van der Waals surface area contributed by atoms with Gasteiger partial charge in [0, 0.05) is 29.7 Å². The van der Waals surface area contributed by atoms with E-state index in [0.29, 0.717) is 41.6 Å². The van der Waals surface area contributed by atoms with Gasteiger partial charge >= 0.3 is 0 Å². The van der Waals surface area contributed by atoms with Crippen LogP contribution in [0.2, 0.25) is 5.02 Å². The highest BCUT2D eigenvalue weighted by atomic mass is 35.5. The van der Waals surface area contributed by atoms with Crippen molar-refractivity contribution < 1.29 is 18.7 Å². The van der Waals surface area contributed by atoms with Crippen LogP contribution in [0.15, 0.2) is 48.5 Å². The number of aryl methyl sites for hydroxylation is 1. The van der Waals surface area contributed by atoms with Crippen LogP contribution >= 0.6 is 11.6 Å². The smallest absolute Gasteiger partial charge is 0.254 e. The van der Waals surface area contributed by atoms with Crippen LogP contribution in [0.1, 0.15) is 27.0 Å². The van der Waals surface area contributed by atoms with E-state index in [1.54, 1.807) is 37.3 Å². The minimum Gasteiger partial charge on any atom is -0.497 e. The Morgan fingerprint density at radius 3 is 2.29 bits per heavy atom. The molecule has 1 amide bonds. The Balaban J connectivity index is 1.69. The molecule has 0 aliphatic carbocycles. The normalized spacial score (nSPS) is 13.2. The highest BCUT2D eigenvalue weighted by molar-refractivity contribution is 6.31. The van der Waals surface area contributed by atoms with E-state index >= 15 is 0 Å². The summed E-state index contributed by atoms with van der Waals surface area (Å²) in [6, 6.07) is 13.9. The lowest BCUT2D eigenvalue weighted by atomic mass is 9.88. The maximum Gasteiger partial charge on any atom is 0.254 e. The predicted molar refractivity (Wildman–Crippen MR) is 120 cm³/mol. The van der Waals surface area contributed by atoms with Gasteiger partial charge in [-0.15, -0.1) is 0 Å². The molecule has 0 saturated carbocycles. The molecule has 0 unspecified atom stereocenters. The molecule has 0 bridgehead atoms. The molecule has 0 radical (unpaired) electrons. The molecule has 1 aliphatic heterocycles. The lowest BCUT2D eigenvalue weighted by Gasteiger charge is -2.30. The highest BCUT2D eigenvalue weighted by Gasteiger charge is 2.28. The van der Waals surface area contributed by atoms with Crippen molar-refractivity contribution in [2.75, 3.05) is 20.8 Å². The van der Waals surface area contributed by atoms with Gasteiger partial charge in [0.25, 0.3) is 5.91 Å². The van der Waals surface area contributed by atoms with Crippen molar-refractivity contribution in [3.8, 4) is 22.6 Å². The monoisotopic (exact) mass is 439 g/mol. The second kappa shape index (κ2) is 8.60. The maximum absolute atomic E-state index is 13.6. The molecule has 1 aliphatic rings. The maximum atomic E-state index is 13.6. The van der Waals surface area contributed by atoms with Crippen molar-refractivity contribution in [3.63, 3.8) is 0 Å². The summed E-state index contributed by atoms with van der Waals surface area (Å²) in [5, 5.41) is 0.482. The number of carbonyl (C=O) groups excluding carboxylic acids is 1. The number of fused-ring (bicyclic) bond motifs is 1. The molecule has 4 rings (SSSR count). The van der Waals surface area contributed by atoms with Crippen LogP contribution in [0, 0.1) is 12.7 Å². The predicted octanol–water partition coefficient (Wildman–Crippen LogP) is 5.67. The van der Waals surface area contributed by atoms with E-state index in [0.717, 1.165) is 27.8 Å². The van der Waals surface area contributed by atoms with Crippen molar-refractivity contribution >= 4 is 17.5 Å². The Morgan fingerprint density at radius 1 is 0.968 bits per heavy atom. The van der Waals surface area contributed by atoms with E-state index in [1.165, 1.54) is 12.1 Å². The number of halogens is 2. The summed E-state index contributed by atoms with van der Waals surface area (Å²) in [5.41, 5.74) is 5.04. The van der Waals surface area contributed by atoms with Gasteiger partial charge in [-0.25, -0.2) is 4.39 Å². The first kappa shape index (κ1) is 21.2. The van der Waals surface area contributed by atoms with E-state index in [2.05, 4.69) is 0 Å². The third kappa shape index (κ3) is 4.23. The van der Waals surface area contributed by atoms with Crippen LogP contribution < -0.4 is 9.47 Å². The Morgan fingerprint density at radius 2 is 1.65 bits per heavy atom. The molecule has 3 aromatic rings. The zero-order chi connectivity index (χ0) is 22.1. The number of amides is 1. The quantitative estimate of drug-likeness (QED) is 0.514. The van der Waals surface area contributed by atoms with Crippen molar-refractivity contribution in [3.05, 3.63) is 81.6 Å². The van der Waals surface area contributed by atoms with Gasteiger partial charge in [-0.1, -0.05) is 17.7 Å². The van der Waals surface area contributed by atoms with Gasteiger partial charge in [-0.3, -0.25) is 4.79 Å². The average Bonchev–Trinajstić information content (AvgIpc) is 2.75. The summed E-state index contributed by atoms with van der Waals surface area (Å²) in [6.45, 7) is 2.86. The number of nitrogens with zero attached hydrogens (tertiary/aromatic N) is 1. The van der Waals surface area contributed by atoms with Crippen molar-refractivity contribution in [2.24, 2.45) is 0 Å². The number of rotatable bonds is 5. The minimum atomic E-state index is -0.284. The van der Waals surface area contributed by atoms with Gasteiger partial charge < -0.3 is 14.4 Å². The Bertz CT molecular complexity index is 1140. The van der Waals surface area contributed by atoms with Crippen LogP contribution in [0.5, 0.6) is 11.5 Å². The van der Waals surface area contributed by atoms with E-state index < -0.39 is 0 Å². The van der Waals surface area contributed by atoms with Crippen molar-refractivity contribution in [2.45, 2.75) is 19.9 Å². The van der Waals surface area contributed by atoms with Crippen LogP contribution in [-0.4, -0.2) is 31.6 Å². The molecule has 0 atom stereocenters. The molecule has 4 nitrogen and oxygen atoms in total. The summed E-state index contributed by atoms with van der Waals surface area (Å²) in [6.07, 6.45) is 0.686. The van der Waals surface area contributed by atoms with Gasteiger partial charge in [-0.2, -0.15) is 0 Å². The lowest BCUT2D eigenvalue weighted by Crippen LogP contribution is -2.37. The summed E-state index contributed by atoms with van der Waals surface area (Å²) >= 11 is 6.39. The molecular formula is C25H23ClFNO3. The Labute approximate surface area is 186 Å². The topological polar surface area (TPSA) is 38.8 Å². The third-order valence-corrected chi connectivity index (χ3v) is 5.85. The largest absolute Gasteiger partial charge is 0.497 e. The Kier molecular flexibility index (Phi) is 5.88. The summed E-state index contributed by atoms with van der Waals surface area (Å²) < 4.78 is 24.3. The van der Waals surface area contributed by atoms with Crippen LogP contribution in [-0.2, 0) is 13.0 Å². The highest BCUT2D eigenvalue weighted by Crippen LogP contribution is 2.36. The first-order valence-corrected chi connectivity index (χ1v) is 10.4. The second-order valence-corrected chi connectivity index (χ2v) is 8.07. The molecular weight excluding hydrogens is 417 g/mol. The molecule has 1 heterocycles. The lowest BCUT2D eigenvalue weighted by molar-refractivity contribution is 0.0727. The molecule has 0 aromatic heterocycles. The van der Waals surface area contributed by atoms with Crippen LogP contribution in [0.4, 0.5) is 4.39 Å². The molecule has 160 valence electrons. The minimum absolute atomic E-state index is 0.0773. The van der Waals surface area contributed by atoms with Gasteiger partial charge in [0.1, 0.15) is 17.3 Å². The molecule has 0 fully saturated rings. The summed E-state index contributed by atoms with van der Waals surface area (Å²) in [5.74, 6) is 0.993. The molecule has 6 heteroatoms. The number of hydrogen-bond donors (Lipinski definition) is 0. The Hall–Kier alpha value is -3.05. The van der Waals surface area contributed by atoms with Crippen LogP contribution in [0.3, 0.4) is 0 Å². The second-order valence-electron chi connectivity index (χ2n) is 7.64. The fourth-order valence-corrected chi connectivity index (χ4v) is 4.33. The number of methoxy groups -OCH3 is 2. The van der Waals surface area contributed by atoms with Gasteiger partial charge in [0.15, 0.2) is 0 Å². The number of hydrogen-bond acceptors (Lipinski definition) is 3. The molecule has 0 saturated heterocycles. The van der Waals surface area contributed by atoms with E-state index in [1.807, 2.05) is 25.1 Å². The first-order chi connectivity index (χ1) is 14.9. The zero-order valence-corrected chi connectivity index (χ0v) is 18.4. The molecule has 0 N–H and O–H groups in total. The fourth-order valence-electron chi connectivity index (χ4n) is 4.11. The fraction of sp³-hybridized carbons (Fsp3) is 0.240. The van der Waals surface area contributed by atoms with Gasteiger partial charge in [0.05, 0.1) is 14.2 Å². The van der Waals surface area contributed by atoms with E-state index in [-0.39, 0.29) is 11.7 Å². The SMILES string of the molecule is COc1cc(CN2CCc3c(cc(Cl)cc3-c3ccc(F)cc3C)C2=O)cc(OC)c1. The zero-order valence-electron chi connectivity index (χ0n) is 17.7. The van der Waals surface area contributed by atoms with Crippen molar-refractivity contribution in [1.29, 1.82) is 0 Å². The first-order valence-electron chi connectivity index (χ1n) is 9.99. The van der Waals surface area contributed by atoms with E-state index in [9.17, 15) is 9.18 Å². The number of ether oxygens (including phenoxy) is 2. The van der Waals surface area contributed by atoms with Crippen LogP contribution in [0.25, 0.3) is 11.1 Å². The number of carbonyl (C=O) groups is 1. The summed E-state index contributed by atoms with van der Waals surface area (Å²) in [7, 11) is 3.20. The van der Waals surface area contributed by atoms with Gasteiger partial charge in [0.2, 0.25) is 0 Å². The average molecular weight is 440 g/mol. The standard InChI is InChI=1S/C25H23ClFNO3/c1-15-8-18(27)4-5-21(15)23-11-17(26)12-24-22(23)6-7-28(25(24)29)14-16-9-19(30-2)13-20(10-16)31-3/h4-5,8-13H,6-7,14H2,1-3H3. The molecule has 31 heavy (non-hydrogen) atoms. The number of benzene rings is 3. The van der Waals surface area contributed by atoms with Crippen molar-refractivity contribution in [1.82, 2.24) is 4.90 Å². The molecule has 3 aromatic carbocycles. The van der Waals surface area contributed by atoms with E-state index in [4.69, 9.17) is 21.1 Å².